The SMILES string of the molecule is Cc1ccc(-c2nc(N/N=C\c3ccccc3)sc2-c2ccc([N+](=O)[O-])cc2)cc1. The Morgan fingerprint density at radius 3 is 2.30 bits per heavy atom. The van der Waals surface area contributed by atoms with Gasteiger partial charge in [-0.25, -0.2) is 4.98 Å². The van der Waals surface area contributed by atoms with Crippen LogP contribution < -0.4 is 5.43 Å². The summed E-state index contributed by atoms with van der Waals surface area (Å²) in [6, 6.07) is 24.4. The van der Waals surface area contributed by atoms with Gasteiger partial charge in [-0.05, 0) is 30.2 Å². The van der Waals surface area contributed by atoms with Gasteiger partial charge in [0.2, 0.25) is 5.13 Å². The van der Waals surface area contributed by atoms with Gasteiger partial charge in [0.15, 0.2) is 0 Å². The Kier molecular flexibility index (Phi) is 5.63. The van der Waals surface area contributed by atoms with Crippen LogP contribution in [0, 0.1) is 17.0 Å². The van der Waals surface area contributed by atoms with Crippen molar-refractivity contribution in [1.82, 2.24) is 4.98 Å². The van der Waals surface area contributed by atoms with Crippen molar-refractivity contribution in [3.8, 4) is 21.7 Å². The number of hydrazone groups is 1. The van der Waals surface area contributed by atoms with Gasteiger partial charge in [-0.15, -0.1) is 0 Å². The lowest BCUT2D eigenvalue weighted by atomic mass is 10.1. The van der Waals surface area contributed by atoms with Crippen molar-refractivity contribution < 1.29 is 4.92 Å². The smallest absolute Gasteiger partial charge is 0.258 e. The number of hydrogen-bond donors (Lipinski definition) is 1. The summed E-state index contributed by atoms with van der Waals surface area (Å²) in [6.07, 6.45) is 1.73. The maximum absolute atomic E-state index is 11.0. The van der Waals surface area contributed by atoms with E-state index in [1.54, 1.807) is 18.3 Å². The van der Waals surface area contributed by atoms with E-state index in [9.17, 15) is 10.1 Å². The van der Waals surface area contributed by atoms with Crippen LogP contribution in [0.5, 0.6) is 0 Å². The molecule has 1 aromatic heterocycles. The molecule has 0 spiro atoms. The summed E-state index contributed by atoms with van der Waals surface area (Å²) in [5.74, 6) is 0. The first-order valence-corrected chi connectivity index (χ1v) is 10.1. The molecule has 0 radical (unpaired) electrons. The molecule has 0 atom stereocenters. The molecule has 7 heteroatoms. The molecule has 30 heavy (non-hydrogen) atoms. The minimum absolute atomic E-state index is 0.0611. The predicted molar refractivity (Wildman–Crippen MR) is 122 cm³/mol. The molecule has 4 aromatic rings. The van der Waals surface area contributed by atoms with Crippen LogP contribution in [0.25, 0.3) is 21.7 Å². The molecule has 0 amide bonds. The van der Waals surface area contributed by atoms with Crippen LogP contribution >= 0.6 is 11.3 Å². The molecule has 0 aliphatic heterocycles. The molecule has 0 bridgehead atoms. The van der Waals surface area contributed by atoms with Crippen molar-refractivity contribution in [2.75, 3.05) is 5.43 Å². The molecule has 1 heterocycles. The fourth-order valence-electron chi connectivity index (χ4n) is 2.91. The number of hydrogen-bond acceptors (Lipinski definition) is 6. The lowest BCUT2D eigenvalue weighted by molar-refractivity contribution is -0.384. The fourth-order valence-corrected chi connectivity index (χ4v) is 3.85. The monoisotopic (exact) mass is 414 g/mol. The highest BCUT2D eigenvalue weighted by Gasteiger charge is 2.16. The molecule has 6 nitrogen and oxygen atoms in total. The van der Waals surface area contributed by atoms with Crippen molar-refractivity contribution in [2.45, 2.75) is 6.92 Å². The van der Waals surface area contributed by atoms with Gasteiger partial charge >= 0.3 is 0 Å². The number of non-ortho nitro benzene ring substituents is 1. The van der Waals surface area contributed by atoms with Gasteiger partial charge in [0.25, 0.3) is 5.69 Å². The third-order valence-electron chi connectivity index (χ3n) is 4.47. The highest BCUT2D eigenvalue weighted by atomic mass is 32.1. The second-order valence-corrected chi connectivity index (χ2v) is 7.65. The summed E-state index contributed by atoms with van der Waals surface area (Å²) in [5.41, 5.74) is 7.87. The van der Waals surface area contributed by atoms with Crippen LogP contribution in [0.4, 0.5) is 10.8 Å². The topological polar surface area (TPSA) is 80.4 Å². The van der Waals surface area contributed by atoms with Crippen molar-refractivity contribution in [3.63, 3.8) is 0 Å². The molecular formula is C23H18N4O2S. The largest absolute Gasteiger partial charge is 0.269 e. The van der Waals surface area contributed by atoms with Crippen molar-refractivity contribution in [2.24, 2.45) is 5.10 Å². The number of nitro benzene ring substituents is 1. The number of aromatic nitrogens is 1. The van der Waals surface area contributed by atoms with E-state index >= 15 is 0 Å². The van der Waals surface area contributed by atoms with Gasteiger partial charge in [-0.2, -0.15) is 5.10 Å². The molecule has 4 rings (SSSR count). The van der Waals surface area contributed by atoms with Gasteiger partial charge in [0, 0.05) is 17.7 Å². The average Bonchev–Trinajstić information content (AvgIpc) is 3.19. The van der Waals surface area contributed by atoms with Gasteiger partial charge in [-0.1, -0.05) is 71.5 Å². The number of rotatable bonds is 6. The van der Waals surface area contributed by atoms with Crippen molar-refractivity contribution in [3.05, 3.63) is 100 Å². The first kappa shape index (κ1) is 19.5. The summed E-state index contributed by atoms with van der Waals surface area (Å²) in [6.45, 7) is 2.04. The maximum atomic E-state index is 11.0. The van der Waals surface area contributed by atoms with Crippen LogP contribution in [0.3, 0.4) is 0 Å². The number of nitro groups is 1. The van der Waals surface area contributed by atoms with E-state index in [1.165, 1.54) is 23.5 Å². The summed E-state index contributed by atoms with van der Waals surface area (Å²) < 4.78 is 0. The summed E-state index contributed by atoms with van der Waals surface area (Å²) in [7, 11) is 0. The third-order valence-corrected chi connectivity index (χ3v) is 5.47. The van der Waals surface area contributed by atoms with Gasteiger partial charge in [0.1, 0.15) is 0 Å². The Bertz CT molecular complexity index is 1180. The Morgan fingerprint density at radius 2 is 1.63 bits per heavy atom. The van der Waals surface area contributed by atoms with Crippen LogP contribution in [-0.4, -0.2) is 16.1 Å². The highest BCUT2D eigenvalue weighted by Crippen LogP contribution is 2.39. The molecule has 148 valence electrons. The van der Waals surface area contributed by atoms with Crippen LogP contribution in [0.1, 0.15) is 11.1 Å². The number of benzene rings is 3. The van der Waals surface area contributed by atoms with E-state index < -0.39 is 4.92 Å². The van der Waals surface area contributed by atoms with Crippen molar-refractivity contribution in [1.29, 1.82) is 0 Å². The molecule has 0 aliphatic carbocycles. The normalized spacial score (nSPS) is 11.0. The quantitative estimate of drug-likeness (QED) is 0.233. The van der Waals surface area contributed by atoms with Crippen LogP contribution in [-0.2, 0) is 0 Å². The summed E-state index contributed by atoms with van der Waals surface area (Å²) in [4.78, 5) is 16.2. The first-order valence-electron chi connectivity index (χ1n) is 9.27. The van der Waals surface area contributed by atoms with E-state index in [1.807, 2.05) is 61.5 Å². The Hall–Kier alpha value is -3.84. The van der Waals surface area contributed by atoms with E-state index in [2.05, 4.69) is 10.5 Å². The lowest BCUT2D eigenvalue weighted by Gasteiger charge is -2.03. The fraction of sp³-hybridized carbons (Fsp3) is 0.0435. The molecular weight excluding hydrogens is 396 g/mol. The van der Waals surface area contributed by atoms with Crippen LogP contribution in [0.15, 0.2) is 84.0 Å². The summed E-state index contributed by atoms with van der Waals surface area (Å²) in [5, 5.41) is 15.9. The molecule has 0 saturated carbocycles. The minimum atomic E-state index is -0.400. The van der Waals surface area contributed by atoms with E-state index in [-0.39, 0.29) is 5.69 Å². The molecule has 0 fully saturated rings. The van der Waals surface area contributed by atoms with E-state index in [4.69, 9.17) is 4.98 Å². The minimum Gasteiger partial charge on any atom is -0.258 e. The number of nitrogens with one attached hydrogen (secondary N) is 1. The lowest BCUT2D eigenvalue weighted by Crippen LogP contribution is -1.90. The highest BCUT2D eigenvalue weighted by molar-refractivity contribution is 7.19. The zero-order chi connectivity index (χ0) is 20.9. The Labute approximate surface area is 177 Å². The summed E-state index contributed by atoms with van der Waals surface area (Å²) >= 11 is 1.46. The maximum Gasteiger partial charge on any atom is 0.269 e. The second-order valence-electron chi connectivity index (χ2n) is 6.65. The number of aryl methyl sites for hydroxylation is 1. The number of thiazole rings is 1. The zero-order valence-corrected chi connectivity index (χ0v) is 17.0. The predicted octanol–water partition coefficient (Wildman–Crippen LogP) is 6.14. The Balaban J connectivity index is 1.68. The van der Waals surface area contributed by atoms with E-state index in [0.717, 1.165) is 32.8 Å². The molecule has 0 saturated heterocycles. The van der Waals surface area contributed by atoms with Crippen molar-refractivity contribution >= 4 is 28.4 Å². The molecule has 3 aromatic carbocycles. The molecule has 0 aliphatic rings. The van der Waals surface area contributed by atoms with Gasteiger partial charge in [0.05, 0.1) is 21.7 Å². The third kappa shape index (κ3) is 4.42. The standard InChI is InChI=1S/C23H18N4O2S/c1-16-7-9-18(10-8-16)21-22(19-11-13-20(14-12-19)27(28)29)30-23(25-21)26-24-15-17-5-3-2-4-6-17/h2-15H,1H3,(H,25,26)/b24-15-. The first-order chi connectivity index (χ1) is 14.6. The molecule has 1 N–H and O–H groups in total. The average molecular weight is 414 g/mol. The van der Waals surface area contributed by atoms with E-state index in [0.29, 0.717) is 5.13 Å². The number of nitrogens with zero attached hydrogens (tertiary/aromatic N) is 3. The van der Waals surface area contributed by atoms with Gasteiger partial charge in [-0.3, -0.25) is 15.5 Å². The van der Waals surface area contributed by atoms with Crippen LogP contribution in [0.2, 0.25) is 0 Å². The Morgan fingerprint density at radius 1 is 0.967 bits per heavy atom. The number of anilines is 1. The van der Waals surface area contributed by atoms with Gasteiger partial charge < -0.3 is 0 Å². The second kappa shape index (κ2) is 8.67. The zero-order valence-electron chi connectivity index (χ0n) is 16.1. The molecule has 0 unspecified atom stereocenters.